The molecule has 124 valence electrons. The first kappa shape index (κ1) is 15.4. The summed E-state index contributed by atoms with van der Waals surface area (Å²) in [6, 6.07) is 11.0. The highest BCUT2D eigenvalue weighted by atomic mass is 35.5. The van der Waals surface area contributed by atoms with Gasteiger partial charge in [0, 0.05) is 35.8 Å². The van der Waals surface area contributed by atoms with Crippen LogP contribution in [0.15, 0.2) is 48.8 Å². The first-order chi connectivity index (χ1) is 11.7. The summed E-state index contributed by atoms with van der Waals surface area (Å²) < 4.78 is 12.1. The van der Waals surface area contributed by atoms with Crippen LogP contribution in [0.1, 0.15) is 18.4 Å². The number of hydrogen-bond acceptors (Lipinski definition) is 4. The van der Waals surface area contributed by atoms with Crippen LogP contribution in [0.5, 0.6) is 5.75 Å². The van der Waals surface area contributed by atoms with E-state index in [9.17, 15) is 4.79 Å². The number of pyridine rings is 1. The standard InChI is InChI=1S/C18H17ClN2O3/c19-14-1-3-15(4-2-14)23-12-16-11-21-17(22)5-8-18(21,24-16)13-6-9-20-10-7-13/h1-4,6-7,9-10,16H,5,8,11-12H2/t16-,18-/m1/s1. The van der Waals surface area contributed by atoms with E-state index in [0.29, 0.717) is 31.0 Å². The normalized spacial score (nSPS) is 25.8. The number of rotatable bonds is 4. The Hall–Kier alpha value is -2.11. The molecule has 0 bridgehead atoms. The molecular formula is C18H17ClN2O3. The van der Waals surface area contributed by atoms with Gasteiger partial charge in [-0.25, -0.2) is 0 Å². The summed E-state index contributed by atoms with van der Waals surface area (Å²) >= 11 is 5.88. The summed E-state index contributed by atoms with van der Waals surface area (Å²) in [5.74, 6) is 0.861. The molecule has 6 heteroatoms. The third kappa shape index (κ3) is 2.64. The Morgan fingerprint density at radius 3 is 2.75 bits per heavy atom. The van der Waals surface area contributed by atoms with Crippen LogP contribution in [0.25, 0.3) is 0 Å². The van der Waals surface area contributed by atoms with Gasteiger partial charge in [0.25, 0.3) is 0 Å². The van der Waals surface area contributed by atoms with Gasteiger partial charge in [-0.15, -0.1) is 0 Å². The van der Waals surface area contributed by atoms with Gasteiger partial charge < -0.3 is 14.4 Å². The highest BCUT2D eigenvalue weighted by molar-refractivity contribution is 6.30. The second-order valence-corrected chi connectivity index (χ2v) is 6.47. The van der Waals surface area contributed by atoms with Crippen molar-refractivity contribution in [3.63, 3.8) is 0 Å². The van der Waals surface area contributed by atoms with Gasteiger partial charge in [0.1, 0.15) is 18.5 Å². The van der Waals surface area contributed by atoms with Crippen LogP contribution in [0.2, 0.25) is 5.02 Å². The van der Waals surface area contributed by atoms with E-state index in [1.54, 1.807) is 24.5 Å². The highest BCUT2D eigenvalue weighted by Crippen LogP contribution is 2.45. The zero-order chi connectivity index (χ0) is 16.6. The van der Waals surface area contributed by atoms with Crippen LogP contribution in [-0.2, 0) is 15.3 Å². The summed E-state index contributed by atoms with van der Waals surface area (Å²) in [6.07, 6.45) is 4.45. The van der Waals surface area contributed by atoms with Crippen LogP contribution in [0.4, 0.5) is 0 Å². The second-order valence-electron chi connectivity index (χ2n) is 6.03. The summed E-state index contributed by atoms with van der Waals surface area (Å²) in [4.78, 5) is 18.2. The third-order valence-electron chi connectivity index (χ3n) is 4.54. The maximum Gasteiger partial charge on any atom is 0.225 e. The lowest BCUT2D eigenvalue weighted by atomic mass is 10.0. The van der Waals surface area contributed by atoms with Crippen LogP contribution >= 0.6 is 11.6 Å². The second kappa shape index (κ2) is 6.07. The lowest BCUT2D eigenvalue weighted by Gasteiger charge is -2.30. The number of nitrogens with zero attached hydrogens (tertiary/aromatic N) is 2. The SMILES string of the molecule is O=C1CC[C@]2(c3ccncc3)O[C@@H](COc3ccc(Cl)cc3)CN12. The Morgan fingerprint density at radius 1 is 1.25 bits per heavy atom. The van der Waals surface area contributed by atoms with Crippen LogP contribution in [0.3, 0.4) is 0 Å². The minimum atomic E-state index is -0.673. The number of halogens is 1. The van der Waals surface area contributed by atoms with Crippen molar-refractivity contribution < 1.29 is 14.3 Å². The molecule has 0 unspecified atom stereocenters. The van der Waals surface area contributed by atoms with Crippen molar-refractivity contribution in [2.75, 3.05) is 13.2 Å². The quantitative estimate of drug-likeness (QED) is 0.855. The van der Waals surface area contributed by atoms with Crippen molar-refractivity contribution >= 4 is 17.5 Å². The molecule has 2 fully saturated rings. The molecule has 0 spiro atoms. The molecule has 2 saturated heterocycles. The molecule has 5 nitrogen and oxygen atoms in total. The van der Waals surface area contributed by atoms with E-state index in [0.717, 1.165) is 11.3 Å². The van der Waals surface area contributed by atoms with Gasteiger partial charge in [-0.2, -0.15) is 0 Å². The van der Waals surface area contributed by atoms with Gasteiger partial charge in [-0.1, -0.05) is 11.6 Å². The number of aromatic nitrogens is 1. The zero-order valence-electron chi connectivity index (χ0n) is 13.0. The first-order valence-electron chi connectivity index (χ1n) is 7.94. The summed E-state index contributed by atoms with van der Waals surface area (Å²) in [5, 5.41) is 0.669. The zero-order valence-corrected chi connectivity index (χ0v) is 13.8. The molecule has 2 aliphatic heterocycles. The molecule has 1 aromatic carbocycles. The number of hydrogen-bond donors (Lipinski definition) is 0. The molecule has 24 heavy (non-hydrogen) atoms. The van der Waals surface area contributed by atoms with Crippen LogP contribution < -0.4 is 4.74 Å². The summed E-state index contributed by atoms with van der Waals surface area (Å²) in [5.41, 5.74) is 0.297. The Morgan fingerprint density at radius 2 is 2.00 bits per heavy atom. The van der Waals surface area contributed by atoms with Gasteiger partial charge in [0.15, 0.2) is 5.72 Å². The van der Waals surface area contributed by atoms with E-state index in [1.165, 1.54) is 0 Å². The van der Waals surface area contributed by atoms with E-state index in [4.69, 9.17) is 21.1 Å². The van der Waals surface area contributed by atoms with E-state index in [2.05, 4.69) is 4.98 Å². The number of fused-ring (bicyclic) bond motifs is 1. The largest absolute Gasteiger partial charge is 0.491 e. The molecular weight excluding hydrogens is 328 g/mol. The van der Waals surface area contributed by atoms with Gasteiger partial charge in [-0.05, 0) is 36.4 Å². The van der Waals surface area contributed by atoms with E-state index in [1.807, 2.05) is 29.2 Å². The number of benzene rings is 1. The maximum atomic E-state index is 12.3. The molecule has 0 saturated carbocycles. The van der Waals surface area contributed by atoms with Crippen molar-refractivity contribution in [3.8, 4) is 5.75 Å². The van der Waals surface area contributed by atoms with Crippen LogP contribution in [0, 0.1) is 0 Å². The lowest BCUT2D eigenvalue weighted by molar-refractivity contribution is -0.140. The minimum absolute atomic E-state index is 0.126. The topological polar surface area (TPSA) is 51.7 Å². The summed E-state index contributed by atoms with van der Waals surface area (Å²) in [6.45, 7) is 0.924. The minimum Gasteiger partial charge on any atom is -0.491 e. The number of carbonyl (C=O) groups excluding carboxylic acids is 1. The van der Waals surface area contributed by atoms with Crippen molar-refractivity contribution in [3.05, 3.63) is 59.4 Å². The summed E-state index contributed by atoms with van der Waals surface area (Å²) in [7, 11) is 0. The maximum absolute atomic E-state index is 12.3. The molecule has 1 aromatic heterocycles. The van der Waals surface area contributed by atoms with Crippen LogP contribution in [-0.4, -0.2) is 35.0 Å². The Kier molecular flexibility index (Phi) is 3.90. The molecule has 1 amide bonds. The monoisotopic (exact) mass is 344 g/mol. The van der Waals surface area contributed by atoms with Gasteiger partial charge in [0.05, 0.1) is 6.54 Å². The van der Waals surface area contributed by atoms with Crippen molar-refractivity contribution in [2.45, 2.75) is 24.7 Å². The van der Waals surface area contributed by atoms with E-state index >= 15 is 0 Å². The molecule has 2 aliphatic rings. The Labute approximate surface area is 145 Å². The van der Waals surface area contributed by atoms with E-state index in [-0.39, 0.29) is 12.0 Å². The Bertz CT molecular complexity index is 738. The molecule has 0 aliphatic carbocycles. The first-order valence-corrected chi connectivity index (χ1v) is 8.32. The fourth-order valence-electron chi connectivity index (χ4n) is 3.42. The van der Waals surface area contributed by atoms with E-state index < -0.39 is 5.72 Å². The fraction of sp³-hybridized carbons (Fsp3) is 0.333. The predicted octanol–water partition coefficient (Wildman–Crippen LogP) is 2.99. The Balaban J connectivity index is 1.50. The van der Waals surface area contributed by atoms with Gasteiger partial charge in [0.2, 0.25) is 5.91 Å². The van der Waals surface area contributed by atoms with Crippen molar-refractivity contribution in [2.24, 2.45) is 0 Å². The van der Waals surface area contributed by atoms with Crippen molar-refractivity contribution in [1.29, 1.82) is 0 Å². The third-order valence-corrected chi connectivity index (χ3v) is 4.80. The predicted molar refractivity (Wildman–Crippen MR) is 88.7 cm³/mol. The average molecular weight is 345 g/mol. The molecule has 0 radical (unpaired) electrons. The van der Waals surface area contributed by atoms with Gasteiger partial charge in [-0.3, -0.25) is 9.78 Å². The molecule has 2 aromatic rings. The number of ether oxygens (including phenoxy) is 2. The lowest BCUT2D eigenvalue weighted by Crippen LogP contribution is -2.38. The smallest absolute Gasteiger partial charge is 0.225 e. The van der Waals surface area contributed by atoms with Gasteiger partial charge >= 0.3 is 0 Å². The molecule has 4 rings (SSSR count). The number of amides is 1. The molecule has 3 heterocycles. The number of carbonyl (C=O) groups is 1. The highest BCUT2D eigenvalue weighted by Gasteiger charge is 2.54. The average Bonchev–Trinajstić information content (AvgIpc) is 3.13. The fourth-order valence-corrected chi connectivity index (χ4v) is 3.55. The molecule has 2 atom stereocenters. The van der Waals surface area contributed by atoms with Crippen molar-refractivity contribution in [1.82, 2.24) is 9.88 Å². The molecule has 0 N–H and O–H groups in total.